The van der Waals surface area contributed by atoms with Crippen molar-refractivity contribution in [2.24, 2.45) is 0 Å². The van der Waals surface area contributed by atoms with Gasteiger partial charge in [-0.15, -0.1) is 0 Å². The first kappa shape index (κ1) is 15.1. The SMILES string of the molecule is Cc1nc(B2OC(C)(C)C(C)(C)O2)cn1C1CCCCC1. The minimum absolute atomic E-state index is 0.305. The van der Waals surface area contributed by atoms with Crippen molar-refractivity contribution < 1.29 is 9.31 Å². The Kier molecular flexibility index (Phi) is 3.69. The fourth-order valence-corrected chi connectivity index (χ4v) is 3.32. The molecule has 4 nitrogen and oxygen atoms in total. The van der Waals surface area contributed by atoms with Crippen molar-refractivity contribution >= 4 is 12.7 Å². The summed E-state index contributed by atoms with van der Waals surface area (Å²) in [6, 6.07) is 0.599. The van der Waals surface area contributed by atoms with Crippen LogP contribution in [0, 0.1) is 6.92 Å². The second-order valence-electron chi connectivity index (χ2n) is 7.50. The fourth-order valence-electron chi connectivity index (χ4n) is 3.32. The molecule has 0 unspecified atom stereocenters. The average molecular weight is 290 g/mol. The molecule has 2 heterocycles. The maximum atomic E-state index is 6.11. The molecule has 0 bridgehead atoms. The van der Waals surface area contributed by atoms with Gasteiger partial charge in [0, 0.05) is 12.2 Å². The van der Waals surface area contributed by atoms with E-state index in [0.717, 1.165) is 11.4 Å². The van der Waals surface area contributed by atoms with Gasteiger partial charge >= 0.3 is 7.12 Å². The van der Waals surface area contributed by atoms with Gasteiger partial charge in [0.05, 0.1) is 16.8 Å². The maximum Gasteiger partial charge on any atom is 0.516 e. The predicted octanol–water partition coefficient (Wildman–Crippen LogP) is 3.00. The number of aryl methyl sites for hydroxylation is 1. The smallest absolute Gasteiger partial charge is 0.398 e. The van der Waals surface area contributed by atoms with Crippen LogP contribution in [0.4, 0.5) is 0 Å². The quantitative estimate of drug-likeness (QED) is 0.786. The highest BCUT2D eigenvalue weighted by molar-refractivity contribution is 6.61. The molecule has 0 amide bonds. The molecule has 21 heavy (non-hydrogen) atoms. The summed E-state index contributed by atoms with van der Waals surface area (Å²) in [6.07, 6.45) is 8.70. The van der Waals surface area contributed by atoms with E-state index in [4.69, 9.17) is 14.3 Å². The lowest BCUT2D eigenvalue weighted by atomic mass is 9.85. The van der Waals surface area contributed by atoms with Crippen LogP contribution in [0.25, 0.3) is 0 Å². The van der Waals surface area contributed by atoms with Gasteiger partial charge in [0.15, 0.2) is 0 Å². The largest absolute Gasteiger partial charge is 0.516 e. The lowest BCUT2D eigenvalue weighted by molar-refractivity contribution is 0.00578. The van der Waals surface area contributed by atoms with Crippen LogP contribution in [0.1, 0.15) is 71.7 Å². The van der Waals surface area contributed by atoms with Crippen LogP contribution in [0.15, 0.2) is 6.20 Å². The van der Waals surface area contributed by atoms with Gasteiger partial charge < -0.3 is 13.9 Å². The molecule has 5 heteroatoms. The highest BCUT2D eigenvalue weighted by Gasteiger charge is 2.52. The average Bonchev–Trinajstić information content (AvgIpc) is 2.89. The summed E-state index contributed by atoms with van der Waals surface area (Å²) in [5, 5.41) is 0. The van der Waals surface area contributed by atoms with Crippen molar-refractivity contribution in [1.82, 2.24) is 9.55 Å². The van der Waals surface area contributed by atoms with E-state index < -0.39 is 0 Å². The molecule has 0 atom stereocenters. The molecular formula is C16H27BN2O2. The minimum Gasteiger partial charge on any atom is -0.398 e. The summed E-state index contributed by atoms with van der Waals surface area (Å²) in [7, 11) is -0.349. The highest BCUT2D eigenvalue weighted by atomic mass is 16.7. The number of hydrogen-bond donors (Lipinski definition) is 0. The van der Waals surface area contributed by atoms with E-state index in [9.17, 15) is 0 Å². The summed E-state index contributed by atoms with van der Waals surface area (Å²) in [5.41, 5.74) is 0.303. The number of rotatable bonds is 2. The molecule has 1 saturated carbocycles. The van der Waals surface area contributed by atoms with Gasteiger partial charge in [-0.1, -0.05) is 19.3 Å². The molecule has 1 saturated heterocycles. The van der Waals surface area contributed by atoms with Gasteiger partial charge in [0.1, 0.15) is 5.82 Å². The van der Waals surface area contributed by atoms with Gasteiger partial charge in [-0.3, -0.25) is 0 Å². The fraction of sp³-hybridized carbons (Fsp3) is 0.812. The normalized spacial score (nSPS) is 25.5. The Balaban J connectivity index is 1.81. The van der Waals surface area contributed by atoms with Crippen LogP contribution < -0.4 is 5.59 Å². The van der Waals surface area contributed by atoms with Crippen LogP contribution in [0.3, 0.4) is 0 Å². The number of aromatic nitrogens is 2. The van der Waals surface area contributed by atoms with Crippen LogP contribution in [0.5, 0.6) is 0 Å². The van der Waals surface area contributed by atoms with E-state index >= 15 is 0 Å². The minimum atomic E-state index is -0.349. The lowest BCUT2D eigenvalue weighted by Gasteiger charge is -2.32. The van der Waals surface area contributed by atoms with Crippen molar-refractivity contribution in [3.8, 4) is 0 Å². The van der Waals surface area contributed by atoms with E-state index in [0.29, 0.717) is 6.04 Å². The van der Waals surface area contributed by atoms with E-state index in [-0.39, 0.29) is 18.3 Å². The van der Waals surface area contributed by atoms with Crippen molar-refractivity contribution in [3.63, 3.8) is 0 Å². The van der Waals surface area contributed by atoms with Gasteiger partial charge in [-0.25, -0.2) is 4.98 Å². The summed E-state index contributed by atoms with van der Waals surface area (Å²) < 4.78 is 14.5. The highest BCUT2D eigenvalue weighted by Crippen LogP contribution is 2.36. The molecular weight excluding hydrogens is 263 g/mol. The van der Waals surface area contributed by atoms with Crippen molar-refractivity contribution in [1.29, 1.82) is 0 Å². The van der Waals surface area contributed by atoms with Crippen molar-refractivity contribution in [2.45, 2.75) is 84.0 Å². The Labute approximate surface area is 128 Å². The van der Waals surface area contributed by atoms with Crippen LogP contribution in [0.2, 0.25) is 0 Å². The molecule has 0 spiro atoms. The maximum absolute atomic E-state index is 6.11. The second-order valence-corrected chi connectivity index (χ2v) is 7.50. The molecule has 116 valence electrons. The lowest BCUT2D eigenvalue weighted by Crippen LogP contribution is -2.41. The van der Waals surface area contributed by atoms with Crippen molar-refractivity contribution in [2.75, 3.05) is 0 Å². The molecule has 1 aliphatic carbocycles. The summed E-state index contributed by atoms with van der Waals surface area (Å²) in [6.45, 7) is 10.4. The first-order valence-electron chi connectivity index (χ1n) is 8.21. The molecule has 2 aliphatic rings. The van der Waals surface area contributed by atoms with E-state index in [1.54, 1.807) is 0 Å². The zero-order valence-electron chi connectivity index (χ0n) is 14.0. The number of imidazole rings is 1. The summed E-state index contributed by atoms with van der Waals surface area (Å²) in [4.78, 5) is 4.71. The van der Waals surface area contributed by atoms with Gasteiger partial charge in [-0.05, 0) is 47.5 Å². The first-order valence-corrected chi connectivity index (χ1v) is 8.21. The van der Waals surface area contributed by atoms with Crippen molar-refractivity contribution in [3.05, 3.63) is 12.0 Å². The zero-order chi connectivity index (χ0) is 15.3. The third kappa shape index (κ3) is 2.66. The Bertz CT molecular complexity index is 502. The summed E-state index contributed by atoms with van der Waals surface area (Å²) in [5.74, 6) is 1.08. The standard InChI is InChI=1S/C16H27BN2O2/c1-12-18-14(11-19(12)13-9-7-6-8-10-13)17-20-15(2,3)16(4,5)21-17/h11,13H,6-10H2,1-5H3. The molecule has 1 aliphatic heterocycles. The second kappa shape index (κ2) is 5.13. The molecule has 3 rings (SSSR count). The molecule has 0 aromatic carbocycles. The van der Waals surface area contributed by atoms with Gasteiger partial charge in [0.2, 0.25) is 0 Å². The van der Waals surface area contributed by atoms with Crippen LogP contribution in [-0.4, -0.2) is 27.9 Å². The Morgan fingerprint density at radius 2 is 1.67 bits per heavy atom. The topological polar surface area (TPSA) is 36.3 Å². The molecule has 1 aromatic heterocycles. The van der Waals surface area contributed by atoms with E-state index in [1.807, 2.05) is 0 Å². The molecule has 0 radical (unpaired) electrons. The Morgan fingerprint density at radius 1 is 1.10 bits per heavy atom. The number of nitrogens with zero attached hydrogens (tertiary/aromatic N) is 2. The predicted molar refractivity (Wildman–Crippen MR) is 84.8 cm³/mol. The molecule has 2 fully saturated rings. The first-order chi connectivity index (χ1) is 9.80. The third-order valence-electron chi connectivity index (χ3n) is 5.40. The Hall–Kier alpha value is -0.805. The molecule has 0 N–H and O–H groups in total. The summed E-state index contributed by atoms with van der Waals surface area (Å²) >= 11 is 0. The zero-order valence-corrected chi connectivity index (χ0v) is 14.0. The van der Waals surface area contributed by atoms with Crippen LogP contribution in [-0.2, 0) is 9.31 Å². The Morgan fingerprint density at radius 3 is 2.24 bits per heavy atom. The van der Waals surface area contributed by atoms with Gasteiger partial charge in [0.25, 0.3) is 0 Å². The van der Waals surface area contributed by atoms with Crippen LogP contribution >= 0.6 is 0 Å². The van der Waals surface area contributed by atoms with Gasteiger partial charge in [-0.2, -0.15) is 0 Å². The van der Waals surface area contributed by atoms with E-state index in [1.165, 1.54) is 32.1 Å². The van der Waals surface area contributed by atoms with E-state index in [2.05, 4.69) is 45.4 Å². The number of hydrogen-bond acceptors (Lipinski definition) is 3. The molecule has 1 aromatic rings. The monoisotopic (exact) mass is 290 g/mol. The third-order valence-corrected chi connectivity index (χ3v) is 5.40.